The minimum absolute atomic E-state index is 0.0579. The molecule has 5 nitrogen and oxygen atoms in total. The summed E-state index contributed by atoms with van der Waals surface area (Å²) in [6.45, 7) is 2.95. The van der Waals surface area contributed by atoms with Crippen LogP contribution in [0.1, 0.15) is 22.3 Å². The Hall–Kier alpha value is -0.920. The number of halogens is 1. The van der Waals surface area contributed by atoms with E-state index in [9.17, 15) is 13.2 Å². The van der Waals surface area contributed by atoms with Gasteiger partial charge >= 0.3 is 0 Å². The quantitative estimate of drug-likeness (QED) is 0.886. The number of carbonyl (C=O) groups excluding carboxylic acids is 1. The van der Waals surface area contributed by atoms with Crippen molar-refractivity contribution in [3.8, 4) is 0 Å². The van der Waals surface area contributed by atoms with Gasteiger partial charge in [-0.1, -0.05) is 15.9 Å². The van der Waals surface area contributed by atoms with E-state index in [1.807, 2.05) is 19.1 Å². The SMILES string of the molecule is Cc1cc(C(=O)N2CCC(CS(N)(=O)=O)C2)ccc1Br. The summed E-state index contributed by atoms with van der Waals surface area (Å²) in [5.41, 5.74) is 1.62. The number of likely N-dealkylation sites (tertiary alicyclic amines) is 1. The molecule has 2 N–H and O–H groups in total. The minimum Gasteiger partial charge on any atom is -0.338 e. The Morgan fingerprint density at radius 1 is 1.50 bits per heavy atom. The molecule has 1 fully saturated rings. The van der Waals surface area contributed by atoms with E-state index in [0.717, 1.165) is 10.0 Å². The lowest BCUT2D eigenvalue weighted by Crippen LogP contribution is -2.30. The van der Waals surface area contributed by atoms with Gasteiger partial charge in [0.25, 0.3) is 5.91 Å². The maximum absolute atomic E-state index is 12.4. The lowest BCUT2D eigenvalue weighted by molar-refractivity contribution is 0.0788. The first kappa shape index (κ1) is 15.5. The number of aryl methyl sites for hydroxylation is 1. The van der Waals surface area contributed by atoms with Crippen LogP contribution < -0.4 is 5.14 Å². The van der Waals surface area contributed by atoms with Crippen LogP contribution >= 0.6 is 15.9 Å². The van der Waals surface area contributed by atoms with Crippen molar-refractivity contribution in [3.05, 3.63) is 33.8 Å². The number of sulfonamides is 1. The summed E-state index contributed by atoms with van der Waals surface area (Å²) in [6.07, 6.45) is 0.678. The van der Waals surface area contributed by atoms with Crippen molar-refractivity contribution in [2.24, 2.45) is 11.1 Å². The summed E-state index contributed by atoms with van der Waals surface area (Å²) in [6, 6.07) is 5.45. The van der Waals surface area contributed by atoms with Crippen molar-refractivity contribution in [2.45, 2.75) is 13.3 Å². The van der Waals surface area contributed by atoms with Crippen molar-refractivity contribution in [3.63, 3.8) is 0 Å². The average molecular weight is 361 g/mol. The van der Waals surface area contributed by atoms with Gasteiger partial charge in [0.15, 0.2) is 0 Å². The zero-order valence-electron chi connectivity index (χ0n) is 11.2. The van der Waals surface area contributed by atoms with Gasteiger partial charge < -0.3 is 4.90 Å². The first-order valence-corrected chi connectivity index (χ1v) is 8.83. The number of hydrogen-bond donors (Lipinski definition) is 1. The van der Waals surface area contributed by atoms with Crippen LogP contribution in [0.25, 0.3) is 0 Å². The number of nitrogens with zero attached hydrogens (tertiary/aromatic N) is 1. The molecule has 0 radical (unpaired) electrons. The van der Waals surface area contributed by atoms with Crippen LogP contribution in [0.15, 0.2) is 22.7 Å². The van der Waals surface area contributed by atoms with E-state index in [-0.39, 0.29) is 17.6 Å². The number of primary sulfonamides is 1. The van der Waals surface area contributed by atoms with Crippen LogP contribution in [0.2, 0.25) is 0 Å². The highest BCUT2D eigenvalue weighted by Crippen LogP contribution is 2.22. The van der Waals surface area contributed by atoms with Crippen LogP contribution in [0, 0.1) is 12.8 Å². The molecule has 0 bridgehead atoms. The molecule has 1 amide bonds. The van der Waals surface area contributed by atoms with E-state index < -0.39 is 10.0 Å². The van der Waals surface area contributed by atoms with Crippen LogP contribution in [0.3, 0.4) is 0 Å². The second-order valence-electron chi connectivity index (χ2n) is 5.20. The van der Waals surface area contributed by atoms with E-state index in [0.29, 0.717) is 25.1 Å². The van der Waals surface area contributed by atoms with Crippen molar-refractivity contribution in [2.75, 3.05) is 18.8 Å². The molecular weight excluding hydrogens is 344 g/mol. The third-order valence-corrected chi connectivity index (χ3v) is 5.27. The molecular formula is C13H17BrN2O3S. The van der Waals surface area contributed by atoms with Gasteiger partial charge in [-0.15, -0.1) is 0 Å². The van der Waals surface area contributed by atoms with Crippen LogP contribution in [-0.4, -0.2) is 38.1 Å². The highest BCUT2D eigenvalue weighted by Gasteiger charge is 2.29. The molecule has 1 unspecified atom stereocenters. The first-order chi connectivity index (χ1) is 9.26. The standard InChI is InChI=1S/C13H17BrN2O3S/c1-9-6-11(2-3-12(9)14)13(17)16-5-4-10(7-16)8-20(15,18)19/h2-3,6,10H,4-5,7-8H2,1H3,(H2,15,18,19). The highest BCUT2D eigenvalue weighted by atomic mass is 79.9. The average Bonchev–Trinajstić information content (AvgIpc) is 2.78. The topological polar surface area (TPSA) is 80.5 Å². The molecule has 1 atom stereocenters. The Morgan fingerprint density at radius 3 is 2.80 bits per heavy atom. The second kappa shape index (κ2) is 5.83. The number of benzene rings is 1. The van der Waals surface area contributed by atoms with Crippen LogP contribution in [-0.2, 0) is 10.0 Å². The molecule has 1 saturated heterocycles. The van der Waals surface area contributed by atoms with E-state index in [1.54, 1.807) is 11.0 Å². The number of nitrogens with two attached hydrogens (primary N) is 1. The van der Waals surface area contributed by atoms with Gasteiger partial charge in [0.05, 0.1) is 5.75 Å². The van der Waals surface area contributed by atoms with E-state index >= 15 is 0 Å². The number of rotatable bonds is 3. The first-order valence-electron chi connectivity index (χ1n) is 6.32. The zero-order chi connectivity index (χ0) is 14.9. The van der Waals surface area contributed by atoms with Crippen molar-refractivity contribution in [1.29, 1.82) is 0 Å². The van der Waals surface area contributed by atoms with Gasteiger partial charge in [-0.25, -0.2) is 13.6 Å². The fourth-order valence-corrected chi connectivity index (χ4v) is 3.62. The van der Waals surface area contributed by atoms with E-state index in [1.165, 1.54) is 0 Å². The Balaban J connectivity index is 2.06. The predicted molar refractivity (Wildman–Crippen MR) is 80.9 cm³/mol. The van der Waals surface area contributed by atoms with Gasteiger partial charge in [0.1, 0.15) is 0 Å². The zero-order valence-corrected chi connectivity index (χ0v) is 13.6. The Labute approximate surface area is 127 Å². The molecule has 2 rings (SSSR count). The monoisotopic (exact) mass is 360 g/mol. The third-order valence-electron chi connectivity index (χ3n) is 3.45. The fourth-order valence-electron chi connectivity index (χ4n) is 2.44. The van der Waals surface area contributed by atoms with Gasteiger partial charge in [0.2, 0.25) is 10.0 Å². The molecule has 0 aromatic heterocycles. The molecule has 0 spiro atoms. The number of hydrogen-bond acceptors (Lipinski definition) is 3. The Morgan fingerprint density at radius 2 is 2.20 bits per heavy atom. The van der Waals surface area contributed by atoms with Crippen LogP contribution in [0.5, 0.6) is 0 Å². The van der Waals surface area contributed by atoms with Gasteiger partial charge in [-0.3, -0.25) is 4.79 Å². The normalized spacial score (nSPS) is 19.4. The molecule has 0 aliphatic carbocycles. The van der Waals surface area contributed by atoms with E-state index in [4.69, 9.17) is 5.14 Å². The summed E-state index contributed by atoms with van der Waals surface area (Å²) < 4.78 is 23.1. The lowest BCUT2D eigenvalue weighted by atomic mass is 10.1. The molecule has 1 aliphatic rings. The van der Waals surface area contributed by atoms with Crippen molar-refractivity contribution < 1.29 is 13.2 Å². The summed E-state index contributed by atoms with van der Waals surface area (Å²) in [7, 11) is -3.48. The molecule has 0 saturated carbocycles. The summed E-state index contributed by atoms with van der Waals surface area (Å²) in [5.74, 6) is -0.182. The van der Waals surface area contributed by atoms with Gasteiger partial charge in [-0.2, -0.15) is 0 Å². The molecule has 1 heterocycles. The summed E-state index contributed by atoms with van der Waals surface area (Å²) in [5, 5.41) is 5.05. The third kappa shape index (κ3) is 3.80. The molecule has 1 aliphatic heterocycles. The lowest BCUT2D eigenvalue weighted by Gasteiger charge is -2.17. The van der Waals surface area contributed by atoms with Gasteiger partial charge in [-0.05, 0) is 43.0 Å². The van der Waals surface area contributed by atoms with Crippen LogP contribution in [0.4, 0.5) is 0 Å². The smallest absolute Gasteiger partial charge is 0.253 e. The molecule has 1 aromatic carbocycles. The predicted octanol–water partition coefficient (Wildman–Crippen LogP) is 1.51. The Kier molecular flexibility index (Phi) is 4.51. The number of amides is 1. The maximum atomic E-state index is 12.4. The largest absolute Gasteiger partial charge is 0.338 e. The second-order valence-corrected chi connectivity index (χ2v) is 7.71. The summed E-state index contributed by atoms with van der Waals surface area (Å²) in [4.78, 5) is 14.0. The van der Waals surface area contributed by atoms with E-state index in [2.05, 4.69) is 15.9 Å². The van der Waals surface area contributed by atoms with Crippen molar-refractivity contribution >= 4 is 31.9 Å². The van der Waals surface area contributed by atoms with Gasteiger partial charge in [0, 0.05) is 23.1 Å². The fraction of sp³-hybridized carbons (Fsp3) is 0.462. The van der Waals surface area contributed by atoms with Crippen molar-refractivity contribution in [1.82, 2.24) is 4.90 Å². The summed E-state index contributed by atoms with van der Waals surface area (Å²) >= 11 is 3.40. The maximum Gasteiger partial charge on any atom is 0.253 e. The highest BCUT2D eigenvalue weighted by molar-refractivity contribution is 9.10. The Bertz CT molecular complexity index is 631. The molecule has 1 aromatic rings. The number of carbonyl (C=O) groups is 1. The molecule has 20 heavy (non-hydrogen) atoms. The molecule has 110 valence electrons. The molecule has 7 heteroatoms. The minimum atomic E-state index is -3.48.